The highest BCUT2D eigenvalue weighted by molar-refractivity contribution is 6.18. The van der Waals surface area contributed by atoms with Gasteiger partial charge in [0.1, 0.15) is 0 Å². The van der Waals surface area contributed by atoms with Gasteiger partial charge in [-0.2, -0.15) is 0 Å². The van der Waals surface area contributed by atoms with E-state index in [4.69, 9.17) is 16.3 Å². The average Bonchev–Trinajstić information content (AvgIpc) is 1.95. The molecule has 2 heteroatoms. The second-order valence-electron chi connectivity index (χ2n) is 3.58. The Morgan fingerprint density at radius 1 is 1.45 bits per heavy atom. The second-order valence-corrected chi connectivity index (χ2v) is 3.85. The zero-order chi connectivity index (χ0) is 8.16. The van der Waals surface area contributed by atoms with Gasteiger partial charge in [0.2, 0.25) is 0 Å². The smallest absolute Gasteiger partial charge is 0.0462 e. The maximum Gasteiger partial charge on any atom is 0.0462 e. The van der Waals surface area contributed by atoms with Crippen LogP contribution in [0.15, 0.2) is 0 Å². The van der Waals surface area contributed by atoms with Gasteiger partial charge in [-0.3, -0.25) is 0 Å². The van der Waals surface area contributed by atoms with E-state index in [1.54, 1.807) is 7.11 Å². The molecule has 0 saturated heterocycles. The molecule has 11 heavy (non-hydrogen) atoms. The molecular formula is C9H17ClO. The zero-order valence-electron chi connectivity index (χ0n) is 7.24. The van der Waals surface area contributed by atoms with Crippen molar-refractivity contribution >= 4 is 11.6 Å². The van der Waals surface area contributed by atoms with Crippen LogP contribution in [0.4, 0.5) is 0 Å². The van der Waals surface area contributed by atoms with Gasteiger partial charge in [0.05, 0.1) is 0 Å². The van der Waals surface area contributed by atoms with Crippen LogP contribution in [0.3, 0.4) is 0 Å². The van der Waals surface area contributed by atoms with Gasteiger partial charge < -0.3 is 4.74 Å². The second kappa shape index (κ2) is 4.32. The lowest BCUT2D eigenvalue weighted by Crippen LogP contribution is -2.31. The monoisotopic (exact) mass is 176 g/mol. The van der Waals surface area contributed by atoms with Crippen molar-refractivity contribution in [3.63, 3.8) is 0 Å². The number of methoxy groups -OCH3 is 1. The Kier molecular flexibility index (Phi) is 3.67. The van der Waals surface area contributed by atoms with Crippen molar-refractivity contribution in [1.29, 1.82) is 0 Å². The van der Waals surface area contributed by atoms with Gasteiger partial charge >= 0.3 is 0 Å². The van der Waals surface area contributed by atoms with Crippen LogP contribution in [0.5, 0.6) is 0 Å². The lowest BCUT2D eigenvalue weighted by Gasteiger charge is -2.40. The lowest BCUT2D eigenvalue weighted by molar-refractivity contribution is 0.119. The van der Waals surface area contributed by atoms with Gasteiger partial charge in [-0.1, -0.05) is 6.42 Å². The molecule has 66 valence electrons. The third kappa shape index (κ3) is 2.34. The Morgan fingerprint density at radius 3 is 2.55 bits per heavy atom. The van der Waals surface area contributed by atoms with Gasteiger partial charge in [-0.25, -0.2) is 0 Å². The van der Waals surface area contributed by atoms with E-state index in [9.17, 15) is 0 Å². The Morgan fingerprint density at radius 2 is 2.18 bits per heavy atom. The summed E-state index contributed by atoms with van der Waals surface area (Å²) < 4.78 is 5.01. The quantitative estimate of drug-likeness (QED) is 0.463. The number of rotatable bonds is 5. The van der Waals surface area contributed by atoms with Crippen molar-refractivity contribution in [3.05, 3.63) is 0 Å². The molecule has 1 saturated carbocycles. The third-order valence-corrected chi connectivity index (χ3v) is 3.32. The lowest BCUT2D eigenvalue weighted by atomic mass is 9.67. The summed E-state index contributed by atoms with van der Waals surface area (Å²) >= 11 is 5.90. The molecule has 0 atom stereocenters. The van der Waals surface area contributed by atoms with Crippen LogP contribution in [0.2, 0.25) is 0 Å². The van der Waals surface area contributed by atoms with Crippen molar-refractivity contribution in [1.82, 2.24) is 0 Å². The molecule has 0 aromatic carbocycles. The summed E-state index contributed by atoms with van der Waals surface area (Å²) in [5, 5.41) is 0. The van der Waals surface area contributed by atoms with Gasteiger partial charge in [-0.15, -0.1) is 11.6 Å². The van der Waals surface area contributed by atoms with Gasteiger partial charge in [0.25, 0.3) is 0 Å². The first-order chi connectivity index (χ1) is 5.33. The molecule has 0 N–H and O–H groups in total. The Balaban J connectivity index is 2.11. The molecule has 0 aromatic rings. The number of hydrogen-bond acceptors (Lipinski definition) is 1. The average molecular weight is 177 g/mol. The summed E-state index contributed by atoms with van der Waals surface area (Å²) in [5.74, 6) is 0.844. The topological polar surface area (TPSA) is 9.23 Å². The van der Waals surface area contributed by atoms with Gasteiger partial charge in [0, 0.05) is 19.6 Å². The fourth-order valence-electron chi connectivity index (χ4n) is 1.72. The molecule has 0 heterocycles. The van der Waals surface area contributed by atoms with Crippen LogP contribution in [-0.2, 0) is 4.74 Å². The summed E-state index contributed by atoms with van der Waals surface area (Å²) in [6, 6.07) is 0. The van der Waals surface area contributed by atoms with Crippen molar-refractivity contribution in [2.45, 2.75) is 32.1 Å². The van der Waals surface area contributed by atoms with Crippen molar-refractivity contribution in [2.75, 3.05) is 19.6 Å². The number of ether oxygens (including phenoxy) is 1. The molecule has 1 aliphatic rings. The van der Waals surface area contributed by atoms with Crippen LogP contribution < -0.4 is 0 Å². The largest absolute Gasteiger partial charge is 0.385 e. The Hall–Kier alpha value is 0.250. The van der Waals surface area contributed by atoms with Crippen molar-refractivity contribution in [2.24, 2.45) is 5.41 Å². The summed E-state index contributed by atoms with van der Waals surface area (Å²) in [7, 11) is 1.76. The molecule has 0 aliphatic heterocycles. The van der Waals surface area contributed by atoms with E-state index >= 15 is 0 Å². The summed E-state index contributed by atoms with van der Waals surface area (Å²) in [4.78, 5) is 0. The molecule has 1 nitrogen and oxygen atoms in total. The first kappa shape index (κ1) is 9.34. The minimum atomic E-state index is 0.500. The normalized spacial score (nSPS) is 21.3. The third-order valence-electron chi connectivity index (χ3n) is 2.75. The summed E-state index contributed by atoms with van der Waals surface area (Å²) in [6.07, 6.45) is 6.47. The molecular weight excluding hydrogens is 160 g/mol. The first-order valence-electron chi connectivity index (χ1n) is 4.38. The molecule has 0 bridgehead atoms. The summed E-state index contributed by atoms with van der Waals surface area (Å²) in [6.45, 7) is 0.888. The van der Waals surface area contributed by atoms with Crippen molar-refractivity contribution < 1.29 is 4.74 Å². The fraction of sp³-hybridized carbons (Fsp3) is 1.00. The molecule has 0 aromatic heterocycles. The molecule has 0 amide bonds. The highest BCUT2D eigenvalue weighted by atomic mass is 35.5. The maximum atomic E-state index is 5.90. The first-order valence-corrected chi connectivity index (χ1v) is 4.91. The molecule has 1 fully saturated rings. The minimum absolute atomic E-state index is 0.500. The van der Waals surface area contributed by atoms with Crippen molar-refractivity contribution in [3.8, 4) is 0 Å². The van der Waals surface area contributed by atoms with Crippen LogP contribution in [0.1, 0.15) is 32.1 Å². The Labute approximate surface area is 74.1 Å². The SMILES string of the molecule is COCCCC1(CCl)CCC1. The molecule has 0 radical (unpaired) electrons. The minimum Gasteiger partial charge on any atom is -0.385 e. The van der Waals surface area contributed by atoms with E-state index in [1.807, 2.05) is 0 Å². The van der Waals surface area contributed by atoms with Crippen LogP contribution in [0, 0.1) is 5.41 Å². The van der Waals surface area contributed by atoms with Crippen LogP contribution >= 0.6 is 11.6 Å². The number of alkyl halides is 1. The molecule has 1 aliphatic carbocycles. The van der Waals surface area contributed by atoms with E-state index in [0.29, 0.717) is 5.41 Å². The highest BCUT2D eigenvalue weighted by Crippen LogP contribution is 2.45. The molecule has 1 rings (SSSR count). The number of hydrogen-bond donors (Lipinski definition) is 0. The number of halogens is 1. The van der Waals surface area contributed by atoms with E-state index in [2.05, 4.69) is 0 Å². The Bertz CT molecular complexity index is 105. The highest BCUT2D eigenvalue weighted by Gasteiger charge is 2.35. The predicted octanol–water partition coefficient (Wildman–Crippen LogP) is 2.82. The van der Waals surface area contributed by atoms with Crippen LogP contribution in [0.25, 0.3) is 0 Å². The molecule has 0 spiro atoms. The summed E-state index contributed by atoms with van der Waals surface area (Å²) in [5.41, 5.74) is 0.500. The predicted molar refractivity (Wildman–Crippen MR) is 48.1 cm³/mol. The van der Waals surface area contributed by atoms with Crippen LogP contribution in [-0.4, -0.2) is 19.6 Å². The standard InChI is InChI=1S/C9H17ClO/c1-11-7-3-6-9(8-10)4-2-5-9/h2-8H2,1H3. The maximum absolute atomic E-state index is 5.90. The molecule has 0 unspecified atom stereocenters. The van der Waals surface area contributed by atoms with E-state index in [0.717, 1.165) is 12.5 Å². The van der Waals surface area contributed by atoms with E-state index in [1.165, 1.54) is 32.1 Å². The zero-order valence-corrected chi connectivity index (χ0v) is 7.99. The van der Waals surface area contributed by atoms with Gasteiger partial charge in [0.15, 0.2) is 0 Å². The van der Waals surface area contributed by atoms with E-state index in [-0.39, 0.29) is 0 Å². The fourth-order valence-corrected chi connectivity index (χ4v) is 2.12. The van der Waals surface area contributed by atoms with Gasteiger partial charge in [-0.05, 0) is 31.1 Å². The van der Waals surface area contributed by atoms with E-state index < -0.39 is 0 Å².